The quantitative estimate of drug-likeness (QED) is 0.847. The van der Waals surface area contributed by atoms with E-state index < -0.39 is 6.10 Å². The van der Waals surface area contributed by atoms with Crippen LogP contribution in [0.1, 0.15) is 18.9 Å². The van der Waals surface area contributed by atoms with Gasteiger partial charge in [-0.3, -0.25) is 0 Å². The van der Waals surface area contributed by atoms with Gasteiger partial charge < -0.3 is 19.3 Å². The predicted molar refractivity (Wildman–Crippen MR) is 98.8 cm³/mol. The molecule has 3 rings (SSSR count). The number of rotatable bonds is 6. The highest BCUT2D eigenvalue weighted by molar-refractivity contribution is 7.99. The first-order valence-corrected chi connectivity index (χ1v) is 9.33. The summed E-state index contributed by atoms with van der Waals surface area (Å²) in [6, 6.07) is 17.9. The minimum Gasteiger partial charge on any atom is -0.497 e. The van der Waals surface area contributed by atoms with E-state index >= 15 is 0 Å². The Bertz CT molecular complexity index is 647. The lowest BCUT2D eigenvalue weighted by Gasteiger charge is -2.37. The average Bonchev–Trinajstić information content (AvgIpc) is 2.64. The summed E-state index contributed by atoms with van der Waals surface area (Å²) in [6.07, 6.45) is -0.463. The predicted octanol–water partition coefficient (Wildman–Crippen LogP) is 3.87. The van der Waals surface area contributed by atoms with E-state index in [9.17, 15) is 5.11 Å². The molecule has 2 aromatic rings. The molecule has 1 N–H and O–H groups in total. The van der Waals surface area contributed by atoms with E-state index in [1.807, 2.05) is 49.4 Å². The van der Waals surface area contributed by atoms with Crippen molar-refractivity contribution in [2.75, 3.05) is 7.11 Å². The van der Waals surface area contributed by atoms with Gasteiger partial charge in [-0.15, -0.1) is 0 Å². The highest BCUT2D eigenvalue weighted by Crippen LogP contribution is 2.34. The van der Waals surface area contributed by atoms with Gasteiger partial charge in [-0.2, -0.15) is 0 Å². The van der Waals surface area contributed by atoms with E-state index in [1.165, 1.54) is 0 Å². The van der Waals surface area contributed by atoms with Crippen molar-refractivity contribution < 1.29 is 19.3 Å². The normalized spacial score (nSPS) is 26.4. The lowest BCUT2D eigenvalue weighted by Crippen LogP contribution is -2.47. The van der Waals surface area contributed by atoms with E-state index in [0.29, 0.717) is 13.0 Å². The fraction of sp³-hybridized carbons (Fsp3) is 0.400. The Morgan fingerprint density at radius 3 is 2.52 bits per heavy atom. The fourth-order valence-corrected chi connectivity index (χ4v) is 3.96. The van der Waals surface area contributed by atoms with Crippen LogP contribution in [-0.4, -0.2) is 36.0 Å². The van der Waals surface area contributed by atoms with Crippen molar-refractivity contribution in [2.45, 2.75) is 48.6 Å². The summed E-state index contributed by atoms with van der Waals surface area (Å²) >= 11 is 1.67. The summed E-state index contributed by atoms with van der Waals surface area (Å²) in [5.41, 5.74) is 1.03. The van der Waals surface area contributed by atoms with Crippen LogP contribution >= 0.6 is 11.8 Å². The zero-order valence-electron chi connectivity index (χ0n) is 14.5. The first-order chi connectivity index (χ1) is 12.2. The summed E-state index contributed by atoms with van der Waals surface area (Å²) < 4.78 is 17.1. The Morgan fingerprint density at radius 2 is 1.84 bits per heavy atom. The molecule has 0 aliphatic carbocycles. The molecule has 0 spiro atoms. The number of hydrogen-bond acceptors (Lipinski definition) is 5. The lowest BCUT2D eigenvalue weighted by molar-refractivity contribution is -0.160. The van der Waals surface area contributed by atoms with Crippen LogP contribution < -0.4 is 4.74 Å². The smallest absolute Gasteiger partial charge is 0.118 e. The number of hydrogen-bond donors (Lipinski definition) is 1. The van der Waals surface area contributed by atoms with E-state index in [1.54, 1.807) is 18.9 Å². The second-order valence-corrected chi connectivity index (χ2v) is 7.36. The lowest BCUT2D eigenvalue weighted by atomic mass is 10.0. The minimum absolute atomic E-state index is 0.0262. The van der Waals surface area contributed by atoms with Crippen LogP contribution in [0, 0.1) is 0 Å². The van der Waals surface area contributed by atoms with Gasteiger partial charge in [0.25, 0.3) is 0 Å². The van der Waals surface area contributed by atoms with Gasteiger partial charge in [0.2, 0.25) is 0 Å². The summed E-state index contributed by atoms with van der Waals surface area (Å²) in [4.78, 5) is 1.16. The van der Waals surface area contributed by atoms with E-state index in [2.05, 4.69) is 12.1 Å². The SMILES string of the molecule is COc1ccc(CO[C@H]2C[C@H](Sc3ccccc3)O[C@@H](C)[C@H]2O)cc1. The Morgan fingerprint density at radius 1 is 1.12 bits per heavy atom. The third kappa shape index (κ3) is 4.98. The van der Waals surface area contributed by atoms with Crippen molar-refractivity contribution in [1.29, 1.82) is 0 Å². The van der Waals surface area contributed by atoms with Crippen LogP contribution in [0.4, 0.5) is 0 Å². The van der Waals surface area contributed by atoms with Gasteiger partial charge in [0.1, 0.15) is 17.3 Å². The summed E-state index contributed by atoms with van der Waals surface area (Å²) in [5.74, 6) is 0.822. The van der Waals surface area contributed by atoms with Gasteiger partial charge in [-0.05, 0) is 36.8 Å². The van der Waals surface area contributed by atoms with Crippen molar-refractivity contribution in [3.05, 3.63) is 60.2 Å². The topological polar surface area (TPSA) is 47.9 Å². The summed E-state index contributed by atoms with van der Waals surface area (Å²) in [6.45, 7) is 2.35. The molecule has 0 saturated carbocycles. The molecular formula is C20H24O4S. The Balaban J connectivity index is 1.58. The maximum absolute atomic E-state index is 10.4. The molecule has 2 aromatic carbocycles. The van der Waals surface area contributed by atoms with Crippen molar-refractivity contribution in [3.8, 4) is 5.75 Å². The molecule has 0 amide bonds. The maximum atomic E-state index is 10.4. The summed E-state index contributed by atoms with van der Waals surface area (Å²) in [5, 5.41) is 10.4. The van der Waals surface area contributed by atoms with Crippen molar-refractivity contribution in [1.82, 2.24) is 0 Å². The second-order valence-electron chi connectivity index (χ2n) is 6.13. The van der Waals surface area contributed by atoms with Gasteiger partial charge in [0.05, 0.1) is 25.9 Å². The van der Waals surface area contributed by atoms with Crippen LogP contribution in [0.15, 0.2) is 59.5 Å². The molecule has 4 nitrogen and oxygen atoms in total. The number of benzene rings is 2. The number of ether oxygens (including phenoxy) is 3. The van der Waals surface area contributed by atoms with Gasteiger partial charge in [-0.25, -0.2) is 0 Å². The first-order valence-electron chi connectivity index (χ1n) is 8.45. The van der Waals surface area contributed by atoms with Crippen molar-refractivity contribution in [2.24, 2.45) is 0 Å². The summed E-state index contributed by atoms with van der Waals surface area (Å²) in [7, 11) is 1.65. The molecule has 0 bridgehead atoms. The van der Waals surface area contributed by atoms with Crippen LogP contribution in [0.5, 0.6) is 5.75 Å². The molecule has 1 heterocycles. The maximum Gasteiger partial charge on any atom is 0.118 e. The molecule has 5 heteroatoms. The van der Waals surface area contributed by atoms with Crippen LogP contribution in [0.25, 0.3) is 0 Å². The zero-order chi connectivity index (χ0) is 17.6. The number of aliphatic hydroxyl groups excluding tert-OH is 1. The number of methoxy groups -OCH3 is 1. The standard InChI is InChI=1S/C20H24O4S/c1-14-20(21)18(23-13-15-8-10-16(22-2)11-9-15)12-19(24-14)25-17-6-4-3-5-7-17/h3-11,14,18-21H,12-13H2,1-2H3/t14-,18-,19-,20+/m0/s1. The molecule has 1 saturated heterocycles. The Kier molecular flexibility index (Phi) is 6.37. The van der Waals surface area contributed by atoms with Crippen LogP contribution in [0.3, 0.4) is 0 Å². The third-order valence-electron chi connectivity index (χ3n) is 4.29. The molecule has 0 unspecified atom stereocenters. The molecule has 1 aliphatic heterocycles. The van der Waals surface area contributed by atoms with Gasteiger partial charge in [0, 0.05) is 11.3 Å². The molecule has 134 valence electrons. The highest BCUT2D eigenvalue weighted by atomic mass is 32.2. The molecule has 4 atom stereocenters. The Labute approximate surface area is 153 Å². The van der Waals surface area contributed by atoms with E-state index in [4.69, 9.17) is 14.2 Å². The first kappa shape index (κ1) is 18.3. The van der Waals surface area contributed by atoms with Crippen LogP contribution in [0.2, 0.25) is 0 Å². The minimum atomic E-state index is -0.620. The zero-order valence-corrected chi connectivity index (χ0v) is 15.3. The van der Waals surface area contributed by atoms with Gasteiger partial charge in [-0.1, -0.05) is 42.1 Å². The second kappa shape index (κ2) is 8.72. The molecule has 25 heavy (non-hydrogen) atoms. The number of aliphatic hydroxyl groups is 1. The average molecular weight is 360 g/mol. The molecule has 1 fully saturated rings. The van der Waals surface area contributed by atoms with Crippen molar-refractivity contribution >= 4 is 11.8 Å². The number of thioether (sulfide) groups is 1. The fourth-order valence-electron chi connectivity index (χ4n) is 2.83. The molecule has 0 radical (unpaired) electrons. The third-order valence-corrected chi connectivity index (χ3v) is 5.40. The van der Waals surface area contributed by atoms with E-state index in [0.717, 1.165) is 16.2 Å². The monoisotopic (exact) mass is 360 g/mol. The molecular weight excluding hydrogens is 336 g/mol. The van der Waals surface area contributed by atoms with Gasteiger partial charge >= 0.3 is 0 Å². The van der Waals surface area contributed by atoms with E-state index in [-0.39, 0.29) is 17.6 Å². The van der Waals surface area contributed by atoms with Crippen molar-refractivity contribution in [3.63, 3.8) is 0 Å². The van der Waals surface area contributed by atoms with Crippen LogP contribution in [-0.2, 0) is 16.1 Å². The largest absolute Gasteiger partial charge is 0.497 e. The molecule has 0 aromatic heterocycles. The Hall–Kier alpha value is -1.53. The van der Waals surface area contributed by atoms with Gasteiger partial charge in [0.15, 0.2) is 0 Å². The highest BCUT2D eigenvalue weighted by Gasteiger charge is 2.36. The molecule has 1 aliphatic rings.